The van der Waals surface area contributed by atoms with E-state index in [1.165, 1.54) is 0 Å². The summed E-state index contributed by atoms with van der Waals surface area (Å²) in [6.07, 6.45) is 0. The Labute approximate surface area is 181 Å². The number of nitrogens with two attached hydrogens (primary N) is 1. The molecule has 0 spiro atoms. The minimum Gasteiger partial charge on any atom is -0.593 e. The van der Waals surface area contributed by atoms with Gasteiger partial charge in [0.25, 0.3) is 5.75 Å². The normalized spacial score (nSPS) is 17.1. The number of rotatable bonds is 4. The maximum atomic E-state index is 7.93. The Kier molecular flexibility index (Phi) is 4.48. The van der Waals surface area contributed by atoms with E-state index in [1.54, 1.807) is 19.2 Å². The van der Waals surface area contributed by atoms with Gasteiger partial charge in [0.15, 0.2) is 0 Å². The predicted molar refractivity (Wildman–Crippen MR) is 125 cm³/mol. The van der Waals surface area contributed by atoms with Gasteiger partial charge < -0.3 is 15.6 Å². The van der Waals surface area contributed by atoms with E-state index in [4.69, 9.17) is 20.6 Å². The average molecular weight is 407 g/mol. The van der Waals surface area contributed by atoms with Gasteiger partial charge in [-0.25, -0.2) is 4.99 Å². The summed E-state index contributed by atoms with van der Waals surface area (Å²) in [4.78, 5) is 5.04. The zero-order valence-electron chi connectivity index (χ0n) is 17.2. The van der Waals surface area contributed by atoms with Crippen molar-refractivity contribution in [2.45, 2.75) is 5.54 Å². The molecule has 1 unspecified atom stereocenters. The van der Waals surface area contributed by atoms with Crippen molar-refractivity contribution < 1.29 is 9.84 Å². The number of benzene rings is 4. The highest BCUT2D eigenvalue weighted by molar-refractivity contribution is 6.03. The maximum Gasteiger partial charge on any atom is 0.253 e. The molecule has 31 heavy (non-hydrogen) atoms. The molecule has 1 atom stereocenters. The van der Waals surface area contributed by atoms with E-state index in [-0.39, 0.29) is 0 Å². The average Bonchev–Trinajstić information content (AvgIpc) is 3.13. The number of amidine groups is 1. The van der Waals surface area contributed by atoms with Crippen molar-refractivity contribution in [1.29, 1.82) is 0 Å². The molecule has 1 aliphatic rings. The van der Waals surface area contributed by atoms with E-state index < -0.39 is 5.54 Å². The van der Waals surface area contributed by atoms with E-state index in [2.05, 4.69) is 36.4 Å². The van der Waals surface area contributed by atoms with E-state index in [0.717, 1.165) is 39.1 Å². The first-order valence-corrected chi connectivity index (χ1v) is 10.1. The second-order valence-electron chi connectivity index (χ2n) is 7.64. The first-order valence-electron chi connectivity index (χ1n) is 10.1. The summed E-state index contributed by atoms with van der Waals surface area (Å²) >= 11 is 0. The van der Waals surface area contributed by atoms with Gasteiger partial charge in [0.1, 0.15) is 17.1 Å². The summed E-state index contributed by atoms with van der Waals surface area (Å²) in [6, 6.07) is 32.1. The largest absolute Gasteiger partial charge is 0.593 e. The van der Waals surface area contributed by atoms with Crippen LogP contribution in [0.25, 0.3) is 11.1 Å². The highest BCUT2D eigenvalue weighted by atomic mass is 16.5. The van der Waals surface area contributed by atoms with Crippen LogP contribution in [0.4, 0.5) is 0 Å². The minimum atomic E-state index is -0.761. The topological polar surface area (TPSA) is 70.5 Å². The first-order chi connectivity index (χ1) is 15.1. The monoisotopic (exact) mass is 407 g/mol. The van der Waals surface area contributed by atoms with Crippen LogP contribution in [0.3, 0.4) is 0 Å². The van der Waals surface area contributed by atoms with E-state index in [9.17, 15) is 0 Å². The van der Waals surface area contributed by atoms with Crippen LogP contribution in [0.2, 0.25) is 0 Å². The van der Waals surface area contributed by atoms with Crippen LogP contribution in [-0.2, 0) is 5.54 Å². The number of fused-ring (bicyclic) bond motifs is 1. The number of ether oxygens (including phenoxy) is 1. The van der Waals surface area contributed by atoms with E-state index in [1.807, 2.05) is 48.5 Å². The summed E-state index contributed by atoms with van der Waals surface area (Å²) in [7, 11) is 1.67. The second kappa shape index (κ2) is 7.33. The van der Waals surface area contributed by atoms with Crippen LogP contribution in [0, 0.1) is 0 Å². The third-order valence-electron chi connectivity index (χ3n) is 5.87. The van der Waals surface area contributed by atoms with Gasteiger partial charge in [-0.15, -0.1) is 0 Å². The van der Waals surface area contributed by atoms with Gasteiger partial charge in [0.2, 0.25) is 0 Å². The highest BCUT2D eigenvalue weighted by Gasteiger charge is 2.42. The summed E-state index contributed by atoms with van der Waals surface area (Å²) in [6.45, 7) is 0. The van der Waals surface area contributed by atoms with Crippen LogP contribution >= 0.6 is 0 Å². The number of hydrogen-bond acceptors (Lipinski definition) is 3. The van der Waals surface area contributed by atoms with Crippen LogP contribution < -0.4 is 10.5 Å². The lowest BCUT2D eigenvalue weighted by atomic mass is 9.77. The molecule has 4 N–H and O–H groups in total. The Morgan fingerprint density at radius 1 is 0.774 bits per heavy atom. The molecule has 0 radical (unpaired) electrons. The number of hydrogen-bond donors (Lipinski definition) is 1. The third-order valence-corrected chi connectivity index (χ3v) is 5.87. The van der Waals surface area contributed by atoms with Crippen molar-refractivity contribution in [2.75, 3.05) is 7.11 Å². The van der Waals surface area contributed by atoms with Crippen LogP contribution in [0.1, 0.15) is 22.3 Å². The Bertz CT molecular complexity index is 1290. The SMILES string of the molecule is COc1cccc(-c2cccc(C3(c4ccc([OH2+])cc4)N=C(N)c4ccccc43)c2)c1. The number of methoxy groups -OCH3 is 1. The van der Waals surface area contributed by atoms with Crippen LogP contribution in [0.5, 0.6) is 11.5 Å². The molecule has 4 aromatic rings. The van der Waals surface area contributed by atoms with Gasteiger partial charge in [0.05, 0.1) is 7.11 Å². The second-order valence-corrected chi connectivity index (χ2v) is 7.64. The van der Waals surface area contributed by atoms with Crippen molar-refractivity contribution in [3.05, 3.63) is 119 Å². The van der Waals surface area contributed by atoms with Crippen molar-refractivity contribution in [1.82, 2.24) is 0 Å². The van der Waals surface area contributed by atoms with E-state index >= 15 is 0 Å². The molecule has 4 heteroatoms. The molecule has 5 rings (SSSR count). The highest BCUT2D eigenvalue weighted by Crippen LogP contribution is 2.46. The number of nitrogens with zero attached hydrogens (tertiary/aromatic N) is 1. The lowest BCUT2D eigenvalue weighted by molar-refractivity contribution is 0.415. The van der Waals surface area contributed by atoms with Crippen molar-refractivity contribution in [3.8, 4) is 22.6 Å². The summed E-state index contributed by atoms with van der Waals surface area (Å²) < 4.78 is 5.41. The Morgan fingerprint density at radius 3 is 2.26 bits per heavy atom. The first kappa shape index (κ1) is 18.9. The molecule has 0 saturated carbocycles. The maximum absolute atomic E-state index is 7.93. The lowest BCUT2D eigenvalue weighted by Gasteiger charge is -2.29. The molecule has 4 aromatic carbocycles. The summed E-state index contributed by atoms with van der Waals surface area (Å²) in [5, 5.41) is 7.93. The Morgan fingerprint density at radius 2 is 1.48 bits per heavy atom. The number of aliphatic imine (C=N–C) groups is 1. The quantitative estimate of drug-likeness (QED) is 0.493. The minimum absolute atomic E-state index is 0.465. The molecule has 1 heterocycles. The summed E-state index contributed by atoms with van der Waals surface area (Å²) in [5.41, 5.74) is 11.8. The molecule has 0 fully saturated rings. The Hall–Kier alpha value is -4.05. The smallest absolute Gasteiger partial charge is 0.253 e. The standard InChI is InChI=1S/C27H22N2O2/c1-31-23-9-5-7-19(17-23)18-6-4-8-21(16-18)27(20-12-14-22(30)15-13-20)25-11-3-2-10-24(25)26(28)29-27/h2-17,30H,1H3,(H2,28,29)/p+1. The zero-order chi connectivity index (χ0) is 21.4. The fourth-order valence-electron chi connectivity index (χ4n) is 4.37. The molecule has 0 bridgehead atoms. The molecule has 0 saturated heterocycles. The van der Waals surface area contributed by atoms with Crippen molar-refractivity contribution in [3.63, 3.8) is 0 Å². The molecule has 0 aromatic heterocycles. The lowest BCUT2D eigenvalue weighted by Crippen LogP contribution is -2.25. The fraction of sp³-hybridized carbons (Fsp3) is 0.0741. The zero-order valence-corrected chi connectivity index (χ0v) is 17.2. The van der Waals surface area contributed by atoms with Crippen molar-refractivity contribution >= 4 is 5.84 Å². The molecule has 0 amide bonds. The van der Waals surface area contributed by atoms with Gasteiger partial charge in [-0.1, -0.05) is 54.6 Å². The van der Waals surface area contributed by atoms with Gasteiger partial charge in [-0.05, 0) is 58.1 Å². The van der Waals surface area contributed by atoms with Gasteiger partial charge in [0, 0.05) is 17.7 Å². The molecular weight excluding hydrogens is 384 g/mol. The van der Waals surface area contributed by atoms with Crippen LogP contribution in [0.15, 0.2) is 102 Å². The van der Waals surface area contributed by atoms with E-state index in [0.29, 0.717) is 11.6 Å². The van der Waals surface area contributed by atoms with Crippen LogP contribution in [-0.4, -0.2) is 18.1 Å². The molecule has 0 aliphatic carbocycles. The molecule has 4 nitrogen and oxygen atoms in total. The third kappa shape index (κ3) is 3.04. The summed E-state index contributed by atoms with van der Waals surface area (Å²) in [5.74, 6) is 1.81. The molecule has 1 aliphatic heterocycles. The van der Waals surface area contributed by atoms with Gasteiger partial charge >= 0.3 is 0 Å². The van der Waals surface area contributed by atoms with Gasteiger partial charge in [-0.3, -0.25) is 0 Å². The Balaban J connectivity index is 1.76. The fourth-order valence-corrected chi connectivity index (χ4v) is 4.37. The molecule has 152 valence electrons. The predicted octanol–water partition coefficient (Wildman–Crippen LogP) is 4.81. The molecular formula is C27H23N2O2+. The van der Waals surface area contributed by atoms with Crippen molar-refractivity contribution in [2.24, 2.45) is 10.7 Å². The van der Waals surface area contributed by atoms with Gasteiger partial charge in [-0.2, -0.15) is 0 Å².